The van der Waals surface area contributed by atoms with Crippen LogP contribution in [-0.2, 0) is 26.2 Å². The number of halogens is 1. The molecule has 202 valence electrons. The molecular weight excluding hydrogens is 570 g/mol. The second-order valence-electron chi connectivity index (χ2n) is 8.75. The first-order valence-electron chi connectivity index (χ1n) is 12.1. The number of methoxy groups -OCH3 is 1. The molecule has 0 aromatic heterocycles. The molecule has 0 bridgehead atoms. The van der Waals surface area contributed by atoms with E-state index >= 15 is 0 Å². The van der Waals surface area contributed by atoms with Gasteiger partial charge in [0.1, 0.15) is 18.3 Å². The lowest BCUT2D eigenvalue weighted by Crippen LogP contribution is -2.51. The van der Waals surface area contributed by atoms with Crippen molar-refractivity contribution in [2.75, 3.05) is 24.5 Å². The predicted octanol–water partition coefficient (Wildman–Crippen LogP) is 4.51. The van der Waals surface area contributed by atoms with E-state index < -0.39 is 28.5 Å². The van der Waals surface area contributed by atoms with Gasteiger partial charge >= 0.3 is 0 Å². The molecule has 1 atom stereocenters. The van der Waals surface area contributed by atoms with Crippen LogP contribution in [0.5, 0.6) is 5.75 Å². The topological polar surface area (TPSA) is 96.0 Å². The molecule has 10 heteroatoms. The van der Waals surface area contributed by atoms with Crippen LogP contribution in [0.4, 0.5) is 5.69 Å². The van der Waals surface area contributed by atoms with Gasteiger partial charge in [-0.25, -0.2) is 8.42 Å². The van der Waals surface area contributed by atoms with Crippen molar-refractivity contribution in [2.45, 2.75) is 38.3 Å². The van der Waals surface area contributed by atoms with Gasteiger partial charge < -0.3 is 15.0 Å². The molecule has 1 N–H and O–H groups in total. The van der Waals surface area contributed by atoms with Crippen molar-refractivity contribution < 1.29 is 22.7 Å². The van der Waals surface area contributed by atoms with Crippen LogP contribution in [0.3, 0.4) is 0 Å². The fourth-order valence-electron chi connectivity index (χ4n) is 3.87. The van der Waals surface area contributed by atoms with Gasteiger partial charge in [-0.05, 0) is 68.8 Å². The number of aryl methyl sites for hydroxylation is 1. The van der Waals surface area contributed by atoms with Crippen LogP contribution in [0.15, 0.2) is 82.2 Å². The molecule has 0 fully saturated rings. The van der Waals surface area contributed by atoms with Gasteiger partial charge in [0, 0.05) is 17.6 Å². The van der Waals surface area contributed by atoms with E-state index in [0.717, 1.165) is 15.4 Å². The Morgan fingerprint density at radius 2 is 1.71 bits per heavy atom. The maximum absolute atomic E-state index is 13.8. The van der Waals surface area contributed by atoms with Crippen molar-refractivity contribution in [3.05, 3.63) is 88.4 Å². The number of anilines is 1. The number of benzene rings is 3. The molecule has 3 aromatic rings. The number of carbonyl (C=O) groups excluding carboxylic acids is 2. The molecule has 0 aliphatic heterocycles. The van der Waals surface area contributed by atoms with Gasteiger partial charge in [0.15, 0.2) is 0 Å². The summed E-state index contributed by atoms with van der Waals surface area (Å²) in [7, 11) is -2.56. The highest BCUT2D eigenvalue weighted by Crippen LogP contribution is 2.27. The first kappa shape index (κ1) is 29.2. The molecule has 0 aliphatic rings. The van der Waals surface area contributed by atoms with Crippen LogP contribution >= 0.6 is 15.9 Å². The van der Waals surface area contributed by atoms with Gasteiger partial charge in [-0.3, -0.25) is 13.9 Å². The number of carbonyl (C=O) groups is 2. The summed E-state index contributed by atoms with van der Waals surface area (Å²) in [5, 5.41) is 2.75. The third-order valence-corrected chi connectivity index (χ3v) is 8.27. The number of hydrogen-bond donors (Lipinski definition) is 1. The van der Waals surface area contributed by atoms with Gasteiger partial charge in [-0.2, -0.15) is 0 Å². The first-order valence-corrected chi connectivity index (χ1v) is 14.3. The molecule has 0 aliphatic carbocycles. The third kappa shape index (κ3) is 7.14. The first-order chi connectivity index (χ1) is 18.1. The SMILES string of the molecule is CCNC(=O)C(C)N(Cc1cccc(OC)c1)C(=O)CN(c1cccc(Br)c1)S(=O)(=O)c1ccc(C)cc1. The third-order valence-electron chi connectivity index (χ3n) is 5.99. The Kier molecular flexibility index (Phi) is 9.93. The van der Waals surface area contributed by atoms with Crippen molar-refractivity contribution in [1.82, 2.24) is 10.2 Å². The van der Waals surface area contributed by atoms with E-state index in [2.05, 4.69) is 21.2 Å². The standard InChI is InChI=1S/C28H32BrN3O5S/c1-5-30-28(34)21(3)31(18-22-8-6-11-25(16-22)37-4)27(33)19-32(24-10-7-9-23(29)17-24)38(35,36)26-14-12-20(2)13-15-26/h6-17,21H,5,18-19H2,1-4H3,(H,30,34). The van der Waals surface area contributed by atoms with Crippen LogP contribution < -0.4 is 14.4 Å². The predicted molar refractivity (Wildman–Crippen MR) is 152 cm³/mol. The molecule has 0 saturated heterocycles. The van der Waals surface area contributed by atoms with Crippen LogP contribution in [-0.4, -0.2) is 51.4 Å². The Hall–Kier alpha value is -3.37. The van der Waals surface area contributed by atoms with Gasteiger partial charge in [0.25, 0.3) is 10.0 Å². The molecule has 3 rings (SSSR count). The summed E-state index contributed by atoms with van der Waals surface area (Å²) in [5.74, 6) is -0.250. The number of amides is 2. The maximum atomic E-state index is 13.8. The minimum Gasteiger partial charge on any atom is -0.497 e. The van der Waals surface area contributed by atoms with E-state index in [4.69, 9.17) is 4.74 Å². The van der Waals surface area contributed by atoms with E-state index in [-0.39, 0.29) is 17.3 Å². The number of nitrogens with zero attached hydrogens (tertiary/aromatic N) is 2. The Morgan fingerprint density at radius 3 is 2.34 bits per heavy atom. The number of sulfonamides is 1. The van der Waals surface area contributed by atoms with Crippen molar-refractivity contribution in [1.29, 1.82) is 0 Å². The maximum Gasteiger partial charge on any atom is 0.264 e. The summed E-state index contributed by atoms with van der Waals surface area (Å²) in [6.45, 7) is 5.27. The van der Waals surface area contributed by atoms with E-state index in [0.29, 0.717) is 22.5 Å². The fourth-order valence-corrected chi connectivity index (χ4v) is 5.66. The van der Waals surface area contributed by atoms with Crippen molar-refractivity contribution in [3.63, 3.8) is 0 Å². The second-order valence-corrected chi connectivity index (χ2v) is 11.5. The average Bonchev–Trinajstić information content (AvgIpc) is 2.90. The monoisotopic (exact) mass is 601 g/mol. The molecule has 3 aromatic carbocycles. The van der Waals surface area contributed by atoms with E-state index in [1.54, 1.807) is 75.6 Å². The number of nitrogens with one attached hydrogen (secondary N) is 1. The van der Waals surface area contributed by atoms with Crippen LogP contribution in [0, 0.1) is 6.92 Å². The Bertz CT molecular complexity index is 1380. The Balaban J connectivity index is 2.03. The quantitative estimate of drug-likeness (QED) is 0.349. The van der Waals surface area contributed by atoms with Crippen LogP contribution in [0.2, 0.25) is 0 Å². The second kappa shape index (κ2) is 12.9. The van der Waals surface area contributed by atoms with E-state index in [9.17, 15) is 18.0 Å². The largest absolute Gasteiger partial charge is 0.497 e. The number of likely N-dealkylation sites (N-methyl/N-ethyl adjacent to an activating group) is 1. The number of ether oxygens (including phenoxy) is 1. The molecular formula is C28H32BrN3O5S. The van der Waals surface area contributed by atoms with Gasteiger partial charge in [-0.15, -0.1) is 0 Å². The number of rotatable bonds is 11. The zero-order valence-corrected chi connectivity index (χ0v) is 24.3. The lowest BCUT2D eigenvalue weighted by molar-refractivity contribution is -0.139. The Labute approximate surface area is 232 Å². The summed E-state index contributed by atoms with van der Waals surface area (Å²) in [5.41, 5.74) is 1.97. The molecule has 1 unspecified atom stereocenters. The van der Waals surface area contributed by atoms with Crippen molar-refractivity contribution in [2.24, 2.45) is 0 Å². The molecule has 0 radical (unpaired) electrons. The zero-order chi connectivity index (χ0) is 27.9. The zero-order valence-electron chi connectivity index (χ0n) is 21.8. The van der Waals surface area contributed by atoms with Gasteiger partial charge in [-0.1, -0.05) is 51.8 Å². The lowest BCUT2D eigenvalue weighted by atomic mass is 10.1. The highest BCUT2D eigenvalue weighted by Gasteiger charge is 2.32. The summed E-state index contributed by atoms with van der Waals surface area (Å²) in [6, 6.07) is 19.5. The molecule has 0 spiro atoms. The minimum absolute atomic E-state index is 0.0620. The van der Waals surface area contributed by atoms with Crippen molar-refractivity contribution in [3.8, 4) is 5.75 Å². The average molecular weight is 603 g/mol. The van der Waals surface area contributed by atoms with Gasteiger partial charge in [0.2, 0.25) is 11.8 Å². The van der Waals surface area contributed by atoms with E-state index in [1.807, 2.05) is 13.0 Å². The normalized spacial score (nSPS) is 11.9. The molecule has 0 heterocycles. The molecule has 2 amide bonds. The summed E-state index contributed by atoms with van der Waals surface area (Å²) in [6.07, 6.45) is 0. The molecule has 0 saturated carbocycles. The van der Waals surface area contributed by atoms with Gasteiger partial charge in [0.05, 0.1) is 17.7 Å². The summed E-state index contributed by atoms with van der Waals surface area (Å²) >= 11 is 3.39. The highest BCUT2D eigenvalue weighted by atomic mass is 79.9. The summed E-state index contributed by atoms with van der Waals surface area (Å²) in [4.78, 5) is 28.1. The van der Waals surface area contributed by atoms with Crippen LogP contribution in [0.1, 0.15) is 25.0 Å². The lowest BCUT2D eigenvalue weighted by Gasteiger charge is -2.32. The smallest absolute Gasteiger partial charge is 0.264 e. The van der Waals surface area contributed by atoms with Crippen molar-refractivity contribution >= 4 is 43.5 Å². The number of hydrogen-bond acceptors (Lipinski definition) is 5. The molecule has 38 heavy (non-hydrogen) atoms. The van der Waals surface area contributed by atoms with Crippen LogP contribution in [0.25, 0.3) is 0 Å². The Morgan fingerprint density at radius 1 is 1.03 bits per heavy atom. The van der Waals surface area contributed by atoms with E-state index in [1.165, 1.54) is 17.0 Å². The highest BCUT2D eigenvalue weighted by molar-refractivity contribution is 9.10. The fraction of sp³-hybridized carbons (Fsp3) is 0.286. The summed E-state index contributed by atoms with van der Waals surface area (Å²) < 4.78 is 34.7. The molecule has 8 nitrogen and oxygen atoms in total. The minimum atomic E-state index is -4.11.